The van der Waals surface area contributed by atoms with Crippen LogP contribution in [-0.4, -0.2) is 197 Å². The number of aryl methyl sites for hydroxylation is 1. The number of nitrogens with two attached hydrogens (primary N) is 1. The Bertz CT molecular complexity index is 2950. The van der Waals surface area contributed by atoms with Gasteiger partial charge in [-0.3, -0.25) is 33.6 Å². The summed E-state index contributed by atoms with van der Waals surface area (Å²) in [5.41, 5.74) is 10.5. The number of hydrogen-bond donors (Lipinski definition) is 14. The first-order valence-electron chi connectivity index (χ1n) is 29.3. The van der Waals surface area contributed by atoms with E-state index in [1.807, 2.05) is 24.3 Å². The van der Waals surface area contributed by atoms with Gasteiger partial charge in [-0.1, -0.05) is 106 Å². The maximum Gasteiger partial charge on any atom is 0.251 e. The van der Waals surface area contributed by atoms with E-state index in [0.717, 1.165) is 58.7 Å². The van der Waals surface area contributed by atoms with Gasteiger partial charge >= 0.3 is 0 Å². The van der Waals surface area contributed by atoms with Crippen LogP contribution in [0.1, 0.15) is 100 Å². The summed E-state index contributed by atoms with van der Waals surface area (Å²) >= 11 is 0. The number of aliphatic hydroxyl groups is 8. The second kappa shape index (κ2) is 30.3. The van der Waals surface area contributed by atoms with Crippen molar-refractivity contribution in [1.29, 1.82) is 0 Å². The van der Waals surface area contributed by atoms with Crippen LogP contribution in [0.4, 0.5) is 0 Å². The second-order valence-electron chi connectivity index (χ2n) is 22.7. The first-order valence-corrected chi connectivity index (χ1v) is 29.3. The molecule has 24 nitrogen and oxygen atoms in total. The number of hydrogen-bond acceptors (Lipinski definition) is 17. The SMILES string of the molecule is CCCCCCc1ccc(-c2ccc(-c3ccc(C(=O)NC4C[C@@H](O)[C@@H](O)NC(=O)C5[C@@H](O)[C@@H](C)CN5C(=O)C([C@@H](C)O)NC(=O)C([C@H](O)[C@@H](O)c5ccc(OCCCN)cc5)NC(=O)C5C[C@@H](O)CN5C(=O)C([C@@H](C)O)NC4=O)cc3)cc2)cc1. The van der Waals surface area contributed by atoms with Gasteiger partial charge in [0.2, 0.25) is 35.4 Å². The molecule has 0 saturated carbocycles. The molecule has 86 heavy (non-hydrogen) atoms. The normalized spacial score (nSPS) is 26.8. The highest BCUT2D eigenvalue weighted by atomic mass is 16.5. The van der Waals surface area contributed by atoms with Gasteiger partial charge in [0.05, 0.1) is 31.0 Å². The predicted octanol–water partition coefficient (Wildman–Crippen LogP) is -0.351. The molecule has 6 unspecified atom stereocenters. The predicted molar refractivity (Wildman–Crippen MR) is 314 cm³/mol. The summed E-state index contributed by atoms with van der Waals surface area (Å²) in [4.78, 5) is 102. The zero-order valence-corrected chi connectivity index (χ0v) is 48.7. The molecule has 3 aliphatic heterocycles. The second-order valence-corrected chi connectivity index (χ2v) is 22.7. The van der Waals surface area contributed by atoms with Crippen molar-refractivity contribution in [3.63, 3.8) is 0 Å². The van der Waals surface area contributed by atoms with E-state index in [2.05, 4.69) is 57.8 Å². The summed E-state index contributed by atoms with van der Waals surface area (Å²) < 4.78 is 5.62. The quantitative estimate of drug-likeness (QED) is 0.0566. The number of ether oxygens (including phenoxy) is 1. The fraction of sp³-hybridized carbons (Fsp3) is 0.500. The van der Waals surface area contributed by atoms with E-state index in [-0.39, 0.29) is 24.3 Å². The van der Waals surface area contributed by atoms with Gasteiger partial charge in [-0.2, -0.15) is 0 Å². The van der Waals surface area contributed by atoms with Gasteiger partial charge in [-0.05, 0) is 97.3 Å². The lowest BCUT2D eigenvalue weighted by Crippen LogP contribution is -2.64. The van der Waals surface area contributed by atoms with Crippen molar-refractivity contribution in [2.45, 2.75) is 164 Å². The monoisotopic (exact) mass is 1190 g/mol. The third-order valence-electron chi connectivity index (χ3n) is 16.0. The summed E-state index contributed by atoms with van der Waals surface area (Å²) in [6.07, 6.45) is -10.4. The highest BCUT2D eigenvalue weighted by Crippen LogP contribution is 2.30. The summed E-state index contributed by atoms with van der Waals surface area (Å²) in [6, 6.07) is 16.7. The standard InChI is InChI=1S/C62H82N8O16/c1-5-6-7-8-10-36-11-13-37(14-12-36)38-15-17-39(18-16-38)40-19-21-42(22-20-40)55(78)64-45-30-47(74)58(81)68-60(83)51-52(75)33(2)31-70(51)62(85)49(35(4)72)66-59(82)50(54(77)53(76)41-23-25-44(26-24-41)86-28-9-27-63)67-57(80)46-29-43(73)32-69(46)61(84)48(34(3)71)65-56(45)79/h11-26,33-35,43,45-54,58,71-77,81H,5-10,27-32,63H2,1-4H3,(H,64,78)(H,65,79)(H,66,82)(H,67,80)(H,68,83)/t33-,34+,35+,43+,45?,46?,47+,48?,49?,50?,51?,52-,53-,54-,58+/m0/s1. The molecule has 0 aliphatic carbocycles. The number of fused-ring (bicyclic) bond motifs is 2. The highest BCUT2D eigenvalue weighted by Gasteiger charge is 2.50. The first kappa shape index (κ1) is 66.1. The third kappa shape index (κ3) is 16.4. The van der Waals surface area contributed by atoms with Crippen LogP contribution in [-0.2, 0) is 35.2 Å². The average molecular weight is 1200 g/mol. The van der Waals surface area contributed by atoms with Gasteiger partial charge < -0.3 is 87.7 Å². The summed E-state index contributed by atoms with van der Waals surface area (Å²) in [5, 5.41) is 102. The van der Waals surface area contributed by atoms with Crippen molar-refractivity contribution in [1.82, 2.24) is 36.4 Å². The number of amides is 7. The van der Waals surface area contributed by atoms with Crippen molar-refractivity contribution in [2.75, 3.05) is 26.2 Å². The minimum atomic E-state index is -2.28. The Morgan fingerprint density at radius 1 is 0.640 bits per heavy atom. The van der Waals surface area contributed by atoms with Crippen LogP contribution in [0.25, 0.3) is 22.3 Å². The van der Waals surface area contributed by atoms with E-state index in [4.69, 9.17) is 10.5 Å². The summed E-state index contributed by atoms with van der Waals surface area (Å²) in [5.74, 6) is -8.74. The maximum absolute atomic E-state index is 14.6. The summed E-state index contributed by atoms with van der Waals surface area (Å²) in [6.45, 7) is 5.58. The molecule has 4 aromatic rings. The third-order valence-corrected chi connectivity index (χ3v) is 16.0. The maximum atomic E-state index is 14.6. The van der Waals surface area contributed by atoms with Crippen molar-refractivity contribution < 1.29 is 79.2 Å². The van der Waals surface area contributed by atoms with E-state index >= 15 is 0 Å². The molecule has 7 rings (SSSR count). The van der Waals surface area contributed by atoms with Crippen LogP contribution in [0.15, 0.2) is 97.1 Å². The molecule has 0 radical (unpaired) electrons. The van der Waals surface area contributed by atoms with Gasteiger partial charge in [0.15, 0.2) is 6.23 Å². The Labute approximate surface area is 499 Å². The Kier molecular flexibility index (Phi) is 23.3. The van der Waals surface area contributed by atoms with Crippen LogP contribution in [0, 0.1) is 5.92 Å². The van der Waals surface area contributed by atoms with E-state index < -0.39 is 152 Å². The topological polar surface area (TPSA) is 383 Å². The average Bonchev–Trinajstić information content (AvgIpc) is 2.49. The molecular formula is C62H82N8O16. The van der Waals surface area contributed by atoms with E-state index in [1.165, 1.54) is 68.1 Å². The van der Waals surface area contributed by atoms with Crippen LogP contribution in [0.5, 0.6) is 5.75 Å². The van der Waals surface area contributed by atoms with Crippen molar-refractivity contribution in [3.8, 4) is 28.0 Å². The van der Waals surface area contributed by atoms with Gasteiger partial charge in [-0.15, -0.1) is 0 Å². The molecule has 0 spiro atoms. The lowest BCUT2D eigenvalue weighted by Gasteiger charge is -2.34. The minimum Gasteiger partial charge on any atom is -0.494 e. The fourth-order valence-corrected chi connectivity index (χ4v) is 10.9. The fourth-order valence-electron chi connectivity index (χ4n) is 10.9. The molecule has 3 aliphatic rings. The highest BCUT2D eigenvalue weighted by molar-refractivity contribution is 6.00. The Morgan fingerprint density at radius 2 is 1.19 bits per heavy atom. The molecule has 7 amide bonds. The van der Waals surface area contributed by atoms with Crippen LogP contribution in [0.2, 0.25) is 0 Å². The molecule has 3 heterocycles. The van der Waals surface area contributed by atoms with E-state index in [9.17, 15) is 74.4 Å². The number of nitrogens with one attached hydrogen (secondary N) is 5. The Balaban J connectivity index is 1.17. The lowest BCUT2D eigenvalue weighted by atomic mass is 9.96. The summed E-state index contributed by atoms with van der Waals surface area (Å²) in [7, 11) is 0. The zero-order valence-electron chi connectivity index (χ0n) is 48.7. The Hall–Kier alpha value is -7.39. The number of carbonyl (C=O) groups is 7. The molecule has 3 saturated heterocycles. The number of unbranched alkanes of at least 4 members (excludes halogenated alkanes) is 3. The smallest absolute Gasteiger partial charge is 0.251 e. The van der Waals surface area contributed by atoms with Crippen molar-refractivity contribution in [2.24, 2.45) is 11.7 Å². The lowest BCUT2D eigenvalue weighted by molar-refractivity contribution is -0.148. The van der Waals surface area contributed by atoms with E-state index in [1.54, 1.807) is 12.1 Å². The molecular weight excluding hydrogens is 1110 g/mol. The van der Waals surface area contributed by atoms with Gasteiger partial charge in [-0.25, -0.2) is 0 Å². The van der Waals surface area contributed by atoms with Crippen LogP contribution < -0.4 is 37.1 Å². The van der Waals surface area contributed by atoms with Gasteiger partial charge in [0.1, 0.15) is 60.3 Å². The molecule has 15 atom stereocenters. The molecule has 466 valence electrons. The van der Waals surface area contributed by atoms with Crippen molar-refractivity contribution >= 4 is 41.4 Å². The van der Waals surface area contributed by atoms with Gasteiger partial charge in [0.25, 0.3) is 5.91 Å². The Morgan fingerprint density at radius 3 is 1.76 bits per heavy atom. The number of carbonyl (C=O) groups excluding carboxylic acids is 7. The minimum absolute atomic E-state index is 0.00986. The zero-order chi connectivity index (χ0) is 62.5. The molecule has 0 bridgehead atoms. The molecule has 15 N–H and O–H groups in total. The number of rotatable bonds is 18. The number of nitrogens with zero attached hydrogens (tertiary/aromatic N) is 2. The first-order chi connectivity index (χ1) is 41.0. The van der Waals surface area contributed by atoms with Crippen LogP contribution in [0.3, 0.4) is 0 Å². The molecule has 24 heteroatoms. The van der Waals surface area contributed by atoms with Crippen LogP contribution >= 0.6 is 0 Å². The number of aliphatic hydroxyl groups excluding tert-OH is 8. The van der Waals surface area contributed by atoms with Gasteiger partial charge in [0, 0.05) is 37.4 Å². The number of benzene rings is 4. The molecule has 0 aromatic heterocycles. The molecule has 4 aromatic carbocycles. The molecule has 3 fully saturated rings. The van der Waals surface area contributed by atoms with Crippen molar-refractivity contribution in [3.05, 3.63) is 114 Å². The van der Waals surface area contributed by atoms with E-state index in [0.29, 0.717) is 18.7 Å². The largest absolute Gasteiger partial charge is 0.494 e.